The van der Waals surface area contributed by atoms with Crippen LogP contribution in [0.15, 0.2) is 29.2 Å². The van der Waals surface area contributed by atoms with Gasteiger partial charge in [0.25, 0.3) is 9.84 Å². The molecule has 0 bridgehead atoms. The highest BCUT2D eigenvalue weighted by molar-refractivity contribution is 7.92. The van der Waals surface area contributed by atoms with Gasteiger partial charge in [0.2, 0.25) is 0 Å². The zero-order chi connectivity index (χ0) is 16.0. The Bertz CT molecular complexity index is 648. The molecule has 1 N–H and O–H groups in total. The van der Waals surface area contributed by atoms with Gasteiger partial charge < -0.3 is 5.32 Å². The number of hydrogen-bond donors (Lipinski definition) is 1. The van der Waals surface area contributed by atoms with E-state index < -0.39 is 20.2 Å². The highest BCUT2D eigenvalue weighted by Crippen LogP contribution is 2.45. The Morgan fingerprint density at radius 1 is 1.18 bits per heavy atom. The highest BCUT2D eigenvalue weighted by Gasteiger charge is 2.47. The van der Waals surface area contributed by atoms with Crippen LogP contribution in [-0.4, -0.2) is 27.0 Å². The lowest BCUT2D eigenvalue weighted by Gasteiger charge is -2.39. The second-order valence-electron chi connectivity index (χ2n) is 6.51. The third kappa shape index (κ3) is 2.76. The Morgan fingerprint density at radius 3 is 2.27 bits per heavy atom. The van der Waals surface area contributed by atoms with Gasteiger partial charge in [-0.3, -0.25) is 0 Å². The molecule has 1 aromatic rings. The van der Waals surface area contributed by atoms with E-state index in [4.69, 9.17) is 0 Å². The number of hydrogen-bond acceptors (Lipinski definition) is 3. The zero-order valence-corrected chi connectivity index (χ0v) is 12.8. The van der Waals surface area contributed by atoms with Crippen molar-refractivity contribution >= 4 is 9.84 Å². The first-order valence-electron chi connectivity index (χ1n) is 7.33. The molecule has 3 rings (SSSR count). The van der Waals surface area contributed by atoms with Gasteiger partial charge in [0, 0.05) is 13.1 Å². The van der Waals surface area contributed by atoms with Crippen molar-refractivity contribution in [2.75, 3.05) is 13.1 Å². The topological polar surface area (TPSA) is 46.2 Å². The maximum atomic E-state index is 12.5. The van der Waals surface area contributed by atoms with E-state index in [1.165, 1.54) is 18.6 Å². The van der Waals surface area contributed by atoms with Crippen LogP contribution < -0.4 is 5.32 Å². The number of benzene rings is 1. The average Bonchev–Trinajstić information content (AvgIpc) is 2.82. The van der Waals surface area contributed by atoms with E-state index in [2.05, 4.69) is 5.32 Å². The molecular formula is C15H18F3NO2S. The standard InChI is InChI=1S/C15H18F3NO2S/c16-15(17,18)22(20,21)13-3-1-11(2-4-13)7-12-5-6-14(8-12)9-19-10-14/h1-4,12,19H,5-10H2/t12-/m0/s1. The van der Waals surface area contributed by atoms with Crippen molar-refractivity contribution in [3.63, 3.8) is 0 Å². The van der Waals surface area contributed by atoms with E-state index in [-0.39, 0.29) is 0 Å². The fourth-order valence-corrected chi connectivity index (χ4v) is 4.33. The molecule has 22 heavy (non-hydrogen) atoms. The minimum Gasteiger partial charge on any atom is -0.316 e. The van der Waals surface area contributed by atoms with E-state index >= 15 is 0 Å². The summed E-state index contributed by atoms with van der Waals surface area (Å²) in [6.45, 7) is 2.12. The Balaban J connectivity index is 1.68. The van der Waals surface area contributed by atoms with Gasteiger partial charge in [0.1, 0.15) is 0 Å². The molecule has 3 nitrogen and oxygen atoms in total. The Kier molecular flexibility index (Phi) is 3.76. The van der Waals surface area contributed by atoms with E-state index in [0.717, 1.165) is 50.0 Å². The molecular weight excluding hydrogens is 315 g/mol. The Labute approximate surface area is 127 Å². The van der Waals surface area contributed by atoms with Crippen molar-refractivity contribution < 1.29 is 21.6 Å². The molecule has 1 heterocycles. The summed E-state index contributed by atoms with van der Waals surface area (Å²) >= 11 is 0. The monoisotopic (exact) mass is 333 g/mol. The number of alkyl halides is 3. The minimum atomic E-state index is -5.25. The third-order valence-electron chi connectivity index (χ3n) is 4.87. The van der Waals surface area contributed by atoms with E-state index in [1.54, 1.807) is 0 Å². The third-order valence-corrected chi connectivity index (χ3v) is 6.37. The van der Waals surface area contributed by atoms with Gasteiger partial charge in [-0.15, -0.1) is 0 Å². The summed E-state index contributed by atoms with van der Waals surface area (Å²) in [5.41, 5.74) is -3.91. The van der Waals surface area contributed by atoms with E-state index in [9.17, 15) is 21.6 Å². The van der Waals surface area contributed by atoms with Gasteiger partial charge in [-0.25, -0.2) is 8.42 Å². The summed E-state index contributed by atoms with van der Waals surface area (Å²) < 4.78 is 60.1. The Hall–Kier alpha value is -1.08. The molecule has 2 fully saturated rings. The van der Waals surface area contributed by atoms with Gasteiger partial charge in [0.15, 0.2) is 0 Å². The molecule has 0 unspecified atom stereocenters. The second kappa shape index (κ2) is 5.23. The molecule has 1 aliphatic carbocycles. The van der Waals surface area contributed by atoms with Crippen LogP contribution in [0, 0.1) is 11.3 Å². The SMILES string of the molecule is O=S(=O)(c1ccc(C[C@@H]2CCC3(CNC3)C2)cc1)C(F)(F)F. The zero-order valence-electron chi connectivity index (χ0n) is 12.0. The molecule has 122 valence electrons. The molecule has 0 amide bonds. The smallest absolute Gasteiger partial charge is 0.316 e. The predicted molar refractivity (Wildman–Crippen MR) is 76.0 cm³/mol. The van der Waals surface area contributed by atoms with Crippen LogP contribution in [0.2, 0.25) is 0 Å². The molecule has 0 radical (unpaired) electrons. The quantitative estimate of drug-likeness (QED) is 0.925. The van der Waals surface area contributed by atoms with Crippen molar-refractivity contribution in [1.29, 1.82) is 0 Å². The van der Waals surface area contributed by atoms with Crippen LogP contribution in [0.5, 0.6) is 0 Å². The first kappa shape index (κ1) is 15.8. The molecule has 1 atom stereocenters. The normalized spacial score (nSPS) is 24.4. The van der Waals surface area contributed by atoms with E-state index in [0.29, 0.717) is 11.3 Å². The number of sulfone groups is 1. The first-order chi connectivity index (χ1) is 10.2. The summed E-state index contributed by atoms with van der Waals surface area (Å²) in [7, 11) is -5.24. The summed E-state index contributed by atoms with van der Waals surface area (Å²) in [5.74, 6) is 0.534. The van der Waals surface area contributed by atoms with Crippen LogP contribution in [-0.2, 0) is 16.3 Å². The summed E-state index contributed by atoms with van der Waals surface area (Å²) in [6, 6.07) is 5.13. The summed E-state index contributed by atoms with van der Waals surface area (Å²) in [6.07, 6.45) is 4.27. The van der Waals surface area contributed by atoms with Crippen LogP contribution in [0.4, 0.5) is 13.2 Å². The van der Waals surface area contributed by atoms with Crippen molar-refractivity contribution in [3.05, 3.63) is 29.8 Å². The minimum absolute atomic E-state index is 0.435. The lowest BCUT2D eigenvalue weighted by Crippen LogP contribution is -2.51. The van der Waals surface area contributed by atoms with E-state index in [1.807, 2.05) is 0 Å². The second-order valence-corrected chi connectivity index (χ2v) is 8.45. The molecule has 2 aliphatic rings. The van der Waals surface area contributed by atoms with Gasteiger partial charge >= 0.3 is 5.51 Å². The van der Waals surface area contributed by atoms with Crippen LogP contribution in [0.3, 0.4) is 0 Å². The fourth-order valence-electron chi connectivity index (χ4n) is 3.57. The lowest BCUT2D eigenvalue weighted by atomic mass is 9.79. The average molecular weight is 333 g/mol. The van der Waals surface area contributed by atoms with Gasteiger partial charge in [-0.1, -0.05) is 12.1 Å². The molecule has 0 aromatic heterocycles. The van der Waals surface area contributed by atoms with Crippen molar-refractivity contribution in [2.45, 2.75) is 36.1 Å². The maximum absolute atomic E-state index is 12.5. The van der Waals surface area contributed by atoms with Crippen LogP contribution in [0.25, 0.3) is 0 Å². The molecule has 1 spiro atoms. The van der Waals surface area contributed by atoms with Gasteiger partial charge in [-0.05, 0) is 54.7 Å². The number of halogens is 3. The maximum Gasteiger partial charge on any atom is 0.501 e. The first-order valence-corrected chi connectivity index (χ1v) is 8.81. The largest absolute Gasteiger partial charge is 0.501 e. The van der Waals surface area contributed by atoms with Crippen molar-refractivity contribution in [1.82, 2.24) is 5.32 Å². The molecule has 7 heteroatoms. The number of rotatable bonds is 3. The molecule has 1 saturated carbocycles. The van der Waals surface area contributed by atoms with Crippen molar-refractivity contribution in [3.8, 4) is 0 Å². The predicted octanol–water partition coefficient (Wildman–Crippen LogP) is 2.91. The van der Waals surface area contributed by atoms with Crippen LogP contribution >= 0.6 is 0 Å². The summed E-state index contributed by atoms with van der Waals surface area (Å²) in [5, 5.41) is 3.29. The fraction of sp³-hybridized carbons (Fsp3) is 0.600. The van der Waals surface area contributed by atoms with Crippen molar-refractivity contribution in [2.24, 2.45) is 11.3 Å². The molecule has 1 aromatic carbocycles. The van der Waals surface area contributed by atoms with Gasteiger partial charge in [-0.2, -0.15) is 13.2 Å². The van der Waals surface area contributed by atoms with Gasteiger partial charge in [0.05, 0.1) is 4.90 Å². The molecule has 1 aliphatic heterocycles. The molecule has 1 saturated heterocycles. The Morgan fingerprint density at radius 2 is 1.82 bits per heavy atom. The van der Waals surface area contributed by atoms with Crippen LogP contribution in [0.1, 0.15) is 24.8 Å². The highest BCUT2D eigenvalue weighted by atomic mass is 32.2. The lowest BCUT2D eigenvalue weighted by molar-refractivity contribution is -0.0436. The number of nitrogens with one attached hydrogen (secondary N) is 1. The summed E-state index contributed by atoms with van der Waals surface area (Å²) in [4.78, 5) is -0.685.